The van der Waals surface area contributed by atoms with Gasteiger partial charge in [-0.25, -0.2) is 0 Å². The minimum atomic E-state index is 0. The van der Waals surface area contributed by atoms with Crippen LogP contribution in [-0.2, 0) is 6.42 Å². The molecule has 0 aliphatic rings. The summed E-state index contributed by atoms with van der Waals surface area (Å²) in [5, 5.41) is 2.99. The maximum absolute atomic E-state index is 4.76. The zero-order valence-electron chi connectivity index (χ0n) is 6.66. The predicted molar refractivity (Wildman–Crippen MR) is 66.9 cm³/mol. The average Bonchev–Trinajstić information content (AvgIpc) is 2.05. The molecule has 4 heteroatoms. The van der Waals surface area contributed by atoms with Gasteiger partial charge in [0, 0.05) is 6.54 Å². The van der Waals surface area contributed by atoms with Crippen molar-refractivity contribution < 1.29 is 0 Å². The Morgan fingerprint density at radius 1 is 1.31 bits per heavy atom. The molecule has 0 saturated heterocycles. The predicted octanol–water partition coefficient (Wildman–Crippen LogP) is 1.38. The molecule has 0 radical (unpaired) electrons. The second kappa shape index (κ2) is 7.83. The fraction of sp³-hybridized carbons (Fsp3) is 0.222. The Balaban J connectivity index is 0.00000144. The van der Waals surface area contributed by atoms with Crippen LogP contribution in [0.2, 0.25) is 0 Å². The first kappa shape index (κ1) is 13.5. The number of thiocarbonyl (C=S) groups is 1. The molecule has 0 heterocycles. The summed E-state index contributed by atoms with van der Waals surface area (Å²) in [6.07, 6.45) is 0.988. The van der Waals surface area contributed by atoms with Gasteiger partial charge in [-0.3, -0.25) is 0 Å². The molecule has 0 bridgehead atoms. The van der Waals surface area contributed by atoms with Crippen molar-refractivity contribution in [2.75, 3.05) is 6.54 Å². The average molecular weight is 221 g/mol. The van der Waals surface area contributed by atoms with Gasteiger partial charge in [-0.1, -0.05) is 42.5 Å². The van der Waals surface area contributed by atoms with Crippen LogP contribution in [-0.4, -0.2) is 40.4 Å². The van der Waals surface area contributed by atoms with Crippen molar-refractivity contribution in [1.29, 1.82) is 0 Å². The molecule has 1 nitrogen and oxygen atoms in total. The van der Waals surface area contributed by atoms with Gasteiger partial charge in [0.1, 0.15) is 4.32 Å². The number of rotatable bonds is 3. The van der Waals surface area contributed by atoms with E-state index in [-0.39, 0.29) is 29.6 Å². The van der Waals surface area contributed by atoms with Crippen molar-refractivity contribution >= 4 is 58.7 Å². The molecule has 0 unspecified atom stereocenters. The van der Waals surface area contributed by atoms with Gasteiger partial charge in [0.15, 0.2) is 0 Å². The van der Waals surface area contributed by atoms with Crippen LogP contribution < -0.4 is 5.32 Å². The monoisotopic (exact) mass is 221 g/mol. The second-order valence-electron chi connectivity index (χ2n) is 2.47. The summed E-state index contributed by atoms with van der Waals surface area (Å²) in [6.45, 7) is 0.854. The molecule has 0 spiro atoms. The van der Waals surface area contributed by atoms with E-state index in [2.05, 4.69) is 30.1 Å². The molecule has 1 rings (SSSR count). The Hall–Kier alpha value is 0.460. The Morgan fingerprint density at radius 2 is 1.92 bits per heavy atom. The van der Waals surface area contributed by atoms with Crippen molar-refractivity contribution in [2.45, 2.75) is 6.42 Å². The number of nitrogens with one attached hydrogen (secondary N) is 1. The van der Waals surface area contributed by atoms with E-state index in [1.165, 1.54) is 5.56 Å². The van der Waals surface area contributed by atoms with Crippen LogP contribution in [0, 0.1) is 0 Å². The molecule has 0 fully saturated rings. The molecule has 13 heavy (non-hydrogen) atoms. The summed E-state index contributed by atoms with van der Waals surface area (Å²) in [7, 11) is 0. The van der Waals surface area contributed by atoms with Gasteiger partial charge >= 0.3 is 29.6 Å². The van der Waals surface area contributed by atoms with Crippen molar-refractivity contribution in [3.8, 4) is 0 Å². The van der Waals surface area contributed by atoms with E-state index in [0.717, 1.165) is 13.0 Å². The molecule has 1 aromatic rings. The molecular formula is C9H12NNaS2. The van der Waals surface area contributed by atoms with Crippen molar-refractivity contribution in [2.24, 2.45) is 0 Å². The van der Waals surface area contributed by atoms with Gasteiger partial charge in [-0.15, -0.1) is 12.6 Å². The molecule has 1 aromatic carbocycles. The fourth-order valence-corrected chi connectivity index (χ4v) is 1.17. The van der Waals surface area contributed by atoms with Gasteiger partial charge in [0.25, 0.3) is 0 Å². The number of benzene rings is 1. The number of hydrogen-bond acceptors (Lipinski definition) is 1. The van der Waals surface area contributed by atoms with E-state index in [0.29, 0.717) is 4.32 Å². The van der Waals surface area contributed by atoms with Gasteiger partial charge in [-0.2, -0.15) is 0 Å². The fourth-order valence-electron chi connectivity index (χ4n) is 0.958. The molecular weight excluding hydrogens is 209 g/mol. The molecule has 0 saturated carbocycles. The summed E-state index contributed by atoms with van der Waals surface area (Å²) >= 11 is 8.73. The molecule has 0 amide bonds. The number of hydrogen-bond donors (Lipinski definition) is 2. The summed E-state index contributed by atoms with van der Waals surface area (Å²) in [6, 6.07) is 10.3. The summed E-state index contributed by atoms with van der Waals surface area (Å²) < 4.78 is 0.561. The Bertz CT molecular complexity index is 251. The van der Waals surface area contributed by atoms with Gasteiger partial charge in [-0.05, 0) is 12.0 Å². The van der Waals surface area contributed by atoms with Crippen molar-refractivity contribution in [1.82, 2.24) is 5.32 Å². The summed E-state index contributed by atoms with van der Waals surface area (Å²) in [4.78, 5) is 0. The third-order valence-electron chi connectivity index (χ3n) is 1.53. The molecule has 0 aromatic heterocycles. The second-order valence-corrected chi connectivity index (χ2v) is 3.63. The standard InChI is InChI=1S/C9H11NS2.Na.H/c11-9(12)10-7-6-8-4-2-1-3-5-8;;/h1-5H,6-7H2,(H2,10,11,12);;. The quantitative estimate of drug-likeness (QED) is 0.454. The van der Waals surface area contributed by atoms with E-state index in [4.69, 9.17) is 12.2 Å². The van der Waals surface area contributed by atoms with E-state index in [1.54, 1.807) is 0 Å². The Morgan fingerprint density at radius 3 is 2.46 bits per heavy atom. The van der Waals surface area contributed by atoms with E-state index < -0.39 is 0 Å². The van der Waals surface area contributed by atoms with Crippen LogP contribution in [0.1, 0.15) is 5.56 Å². The molecule has 0 atom stereocenters. The zero-order chi connectivity index (χ0) is 8.81. The third-order valence-corrected chi connectivity index (χ3v) is 1.84. The normalized spacial score (nSPS) is 8.69. The van der Waals surface area contributed by atoms with Gasteiger partial charge < -0.3 is 5.32 Å². The Labute approximate surface area is 112 Å². The molecule has 0 aliphatic carbocycles. The SMILES string of the molecule is S=C(S)NCCc1ccccc1.[NaH]. The first-order valence-corrected chi connectivity index (χ1v) is 4.65. The van der Waals surface area contributed by atoms with Crippen LogP contribution >= 0.6 is 24.8 Å². The van der Waals surface area contributed by atoms with Crippen molar-refractivity contribution in [3.63, 3.8) is 0 Å². The molecule has 0 aliphatic heterocycles. The van der Waals surface area contributed by atoms with E-state index in [9.17, 15) is 0 Å². The van der Waals surface area contributed by atoms with Crippen LogP contribution in [0.25, 0.3) is 0 Å². The maximum atomic E-state index is 4.76. The van der Waals surface area contributed by atoms with E-state index in [1.807, 2.05) is 18.2 Å². The summed E-state index contributed by atoms with van der Waals surface area (Å²) in [5.74, 6) is 0. The summed E-state index contributed by atoms with van der Waals surface area (Å²) in [5.41, 5.74) is 1.31. The van der Waals surface area contributed by atoms with Crippen LogP contribution in [0.4, 0.5) is 0 Å². The van der Waals surface area contributed by atoms with Gasteiger partial charge in [0.05, 0.1) is 0 Å². The third kappa shape index (κ3) is 6.52. The van der Waals surface area contributed by atoms with Crippen LogP contribution in [0.15, 0.2) is 30.3 Å². The minimum absolute atomic E-state index is 0. The van der Waals surface area contributed by atoms with Crippen molar-refractivity contribution in [3.05, 3.63) is 35.9 Å². The van der Waals surface area contributed by atoms with Gasteiger partial charge in [0.2, 0.25) is 0 Å². The van der Waals surface area contributed by atoms with E-state index >= 15 is 0 Å². The Kier molecular flexibility index (Phi) is 8.10. The van der Waals surface area contributed by atoms with Crippen LogP contribution in [0.3, 0.4) is 0 Å². The molecule has 66 valence electrons. The topological polar surface area (TPSA) is 12.0 Å². The first-order chi connectivity index (χ1) is 5.79. The number of thiol groups is 1. The van der Waals surface area contributed by atoms with Crippen LogP contribution in [0.5, 0.6) is 0 Å². The first-order valence-electron chi connectivity index (χ1n) is 3.80. The molecule has 1 N–H and O–H groups in total. The zero-order valence-corrected chi connectivity index (χ0v) is 8.37.